The first-order valence-corrected chi connectivity index (χ1v) is 10.3. The molecule has 0 bridgehead atoms. The normalized spacial score (nSPS) is 18.6. The van der Waals surface area contributed by atoms with Gasteiger partial charge in [-0.15, -0.1) is 0 Å². The predicted molar refractivity (Wildman–Crippen MR) is 111 cm³/mol. The Morgan fingerprint density at radius 2 is 2.00 bits per heavy atom. The van der Waals surface area contributed by atoms with Crippen molar-refractivity contribution in [3.05, 3.63) is 58.8 Å². The van der Waals surface area contributed by atoms with Crippen LogP contribution in [-0.4, -0.2) is 39.3 Å². The van der Waals surface area contributed by atoms with E-state index in [1.54, 1.807) is 0 Å². The van der Waals surface area contributed by atoms with Crippen molar-refractivity contribution < 1.29 is 14.2 Å². The Bertz CT molecular complexity index is 995. The molecule has 0 aliphatic carbocycles. The lowest BCUT2D eigenvalue weighted by Crippen LogP contribution is -2.61. The minimum absolute atomic E-state index is 0.604. The molecule has 1 N–H and O–H groups in total. The fourth-order valence-electron chi connectivity index (χ4n) is 4.57. The topological polar surface area (TPSA) is 43.6 Å². The Hall–Kier alpha value is -2.05. The van der Waals surface area contributed by atoms with Gasteiger partial charge in [0.2, 0.25) is 0 Å². The van der Waals surface area contributed by atoms with Crippen LogP contribution in [0.3, 0.4) is 0 Å². The van der Waals surface area contributed by atoms with Gasteiger partial charge in [-0.25, -0.2) is 0 Å². The molecule has 0 amide bonds. The van der Waals surface area contributed by atoms with Crippen LogP contribution in [0.1, 0.15) is 11.1 Å². The highest BCUT2D eigenvalue weighted by Crippen LogP contribution is 2.37. The van der Waals surface area contributed by atoms with Crippen molar-refractivity contribution in [2.24, 2.45) is 0 Å². The summed E-state index contributed by atoms with van der Waals surface area (Å²) in [6.45, 7) is 5.77. The Balaban J connectivity index is 1.50. The molecule has 3 aromatic rings. The van der Waals surface area contributed by atoms with E-state index in [-0.39, 0.29) is 0 Å². The molecule has 0 atom stereocenters. The molecule has 1 saturated heterocycles. The average Bonchev–Trinajstić information content (AvgIpc) is 3.14. The van der Waals surface area contributed by atoms with Gasteiger partial charge >= 0.3 is 0 Å². The molecule has 146 valence electrons. The standard InChI is InChI=1S/C22H24ClN2O3/c23-17-4-5-21-19(14-17)16(15-26-21)6-10-25(11-8-24-9-12-25)20-2-1-3-22-18(20)7-13-27-28-22/h1-5,14-15,24H,6-13H2/q+1. The van der Waals surface area contributed by atoms with Gasteiger partial charge in [0.05, 0.1) is 38.1 Å². The fraction of sp³-hybridized carbons (Fsp3) is 0.364. The third kappa shape index (κ3) is 3.18. The predicted octanol–water partition coefficient (Wildman–Crippen LogP) is 4.11. The second-order valence-corrected chi connectivity index (χ2v) is 8.06. The lowest BCUT2D eigenvalue weighted by molar-refractivity contribution is -0.215. The quantitative estimate of drug-likeness (QED) is 0.529. The average molecular weight is 400 g/mol. The summed E-state index contributed by atoms with van der Waals surface area (Å²) in [6.07, 6.45) is 3.72. The highest BCUT2D eigenvalue weighted by molar-refractivity contribution is 6.31. The van der Waals surface area contributed by atoms with E-state index in [9.17, 15) is 0 Å². The number of nitrogens with one attached hydrogen (secondary N) is 1. The van der Waals surface area contributed by atoms with Crippen molar-refractivity contribution in [1.29, 1.82) is 0 Å². The van der Waals surface area contributed by atoms with Crippen LogP contribution in [0.25, 0.3) is 11.0 Å². The SMILES string of the molecule is Clc1ccc2occ(CC[N+]3(c4cccc5c4CCOO5)CCNCC3)c2c1. The highest BCUT2D eigenvalue weighted by atomic mass is 35.5. The summed E-state index contributed by atoms with van der Waals surface area (Å²) in [4.78, 5) is 10.7. The lowest BCUT2D eigenvalue weighted by Gasteiger charge is -2.42. The number of piperazine rings is 1. The summed E-state index contributed by atoms with van der Waals surface area (Å²) in [5.74, 6) is 0.861. The lowest BCUT2D eigenvalue weighted by atomic mass is 10.0. The van der Waals surface area contributed by atoms with Gasteiger partial charge in [-0.1, -0.05) is 17.7 Å². The van der Waals surface area contributed by atoms with Gasteiger partial charge in [-0.05, 0) is 30.3 Å². The number of furan rings is 1. The minimum atomic E-state index is 0.604. The summed E-state index contributed by atoms with van der Waals surface area (Å²) in [7, 11) is 0. The number of benzene rings is 2. The van der Waals surface area contributed by atoms with Crippen molar-refractivity contribution in [1.82, 2.24) is 9.80 Å². The second-order valence-electron chi connectivity index (χ2n) is 7.63. The molecule has 0 spiro atoms. The van der Waals surface area contributed by atoms with Crippen LogP contribution in [0.4, 0.5) is 5.69 Å². The molecule has 1 fully saturated rings. The van der Waals surface area contributed by atoms with Gasteiger partial charge < -0.3 is 14.6 Å². The number of halogens is 1. The van der Waals surface area contributed by atoms with E-state index in [1.807, 2.05) is 30.5 Å². The molecule has 0 saturated carbocycles. The number of quaternary nitrogens is 1. The molecule has 3 heterocycles. The van der Waals surface area contributed by atoms with E-state index in [2.05, 4.69) is 17.4 Å². The molecule has 5 rings (SSSR count). The summed E-state index contributed by atoms with van der Waals surface area (Å²) in [6, 6.07) is 12.2. The highest BCUT2D eigenvalue weighted by Gasteiger charge is 2.36. The van der Waals surface area contributed by atoms with E-state index >= 15 is 0 Å². The maximum absolute atomic E-state index is 6.22. The number of hydrogen-bond donors (Lipinski definition) is 1. The van der Waals surface area contributed by atoms with Gasteiger partial charge in [0.1, 0.15) is 11.3 Å². The zero-order valence-electron chi connectivity index (χ0n) is 15.7. The maximum Gasteiger partial charge on any atom is 0.174 e. The molecule has 6 heteroatoms. The van der Waals surface area contributed by atoms with Crippen LogP contribution in [0.2, 0.25) is 5.02 Å². The first-order chi connectivity index (χ1) is 13.8. The van der Waals surface area contributed by atoms with Gasteiger partial charge in [-0.2, -0.15) is 4.89 Å². The van der Waals surface area contributed by atoms with E-state index in [0.717, 1.165) is 71.8 Å². The molecular weight excluding hydrogens is 376 g/mol. The Morgan fingerprint density at radius 1 is 1.11 bits per heavy atom. The Labute approximate surface area is 169 Å². The third-order valence-electron chi connectivity index (χ3n) is 6.06. The molecule has 1 aromatic heterocycles. The number of rotatable bonds is 4. The second kappa shape index (κ2) is 7.41. The van der Waals surface area contributed by atoms with Gasteiger partial charge in [-0.3, -0.25) is 4.48 Å². The molecular formula is C22H24ClN2O3+. The van der Waals surface area contributed by atoms with E-state index < -0.39 is 0 Å². The van der Waals surface area contributed by atoms with Gasteiger partial charge in [0, 0.05) is 41.9 Å². The van der Waals surface area contributed by atoms with Crippen LogP contribution in [0.15, 0.2) is 47.1 Å². The molecule has 2 aromatic carbocycles. The van der Waals surface area contributed by atoms with Crippen LogP contribution >= 0.6 is 11.6 Å². The zero-order valence-corrected chi connectivity index (χ0v) is 16.5. The molecule has 2 aliphatic rings. The van der Waals surface area contributed by atoms with E-state index in [1.165, 1.54) is 16.8 Å². The monoisotopic (exact) mass is 399 g/mol. The fourth-order valence-corrected chi connectivity index (χ4v) is 4.74. The number of fused-ring (bicyclic) bond motifs is 2. The molecule has 2 aliphatic heterocycles. The van der Waals surface area contributed by atoms with Gasteiger partial charge in [0.25, 0.3) is 0 Å². The van der Waals surface area contributed by atoms with E-state index in [4.69, 9.17) is 25.8 Å². The van der Waals surface area contributed by atoms with Crippen LogP contribution < -0.4 is 14.7 Å². The van der Waals surface area contributed by atoms with Gasteiger partial charge in [0.15, 0.2) is 5.75 Å². The van der Waals surface area contributed by atoms with E-state index in [0.29, 0.717) is 6.61 Å². The molecule has 28 heavy (non-hydrogen) atoms. The zero-order chi connectivity index (χ0) is 19.0. The maximum atomic E-state index is 6.22. The van der Waals surface area contributed by atoms with Crippen molar-refractivity contribution in [3.8, 4) is 5.75 Å². The van der Waals surface area contributed by atoms with Crippen molar-refractivity contribution in [3.63, 3.8) is 0 Å². The number of hydrogen-bond acceptors (Lipinski definition) is 4. The van der Waals surface area contributed by atoms with Crippen molar-refractivity contribution in [2.45, 2.75) is 12.8 Å². The molecule has 0 unspecified atom stereocenters. The summed E-state index contributed by atoms with van der Waals surface area (Å²) in [5.41, 5.74) is 4.77. The summed E-state index contributed by atoms with van der Waals surface area (Å²) in [5, 5.41) is 5.38. The molecule has 5 nitrogen and oxygen atoms in total. The largest absolute Gasteiger partial charge is 0.464 e. The third-order valence-corrected chi connectivity index (χ3v) is 6.30. The first kappa shape index (κ1) is 18.0. The van der Waals surface area contributed by atoms with Crippen molar-refractivity contribution in [2.75, 3.05) is 39.3 Å². The Morgan fingerprint density at radius 3 is 2.89 bits per heavy atom. The van der Waals surface area contributed by atoms with Crippen LogP contribution in [-0.2, 0) is 17.7 Å². The summed E-state index contributed by atoms with van der Waals surface area (Å²) < 4.78 is 6.71. The summed E-state index contributed by atoms with van der Waals surface area (Å²) >= 11 is 6.22. The first-order valence-electron chi connectivity index (χ1n) is 9.90. The van der Waals surface area contributed by atoms with Crippen LogP contribution in [0, 0.1) is 0 Å². The smallest absolute Gasteiger partial charge is 0.174 e. The number of nitrogens with zero attached hydrogens (tertiary/aromatic N) is 1. The Kier molecular flexibility index (Phi) is 4.77. The molecule has 0 radical (unpaired) electrons. The van der Waals surface area contributed by atoms with Crippen LogP contribution in [0.5, 0.6) is 5.75 Å². The minimum Gasteiger partial charge on any atom is -0.464 e. The van der Waals surface area contributed by atoms with Crippen molar-refractivity contribution >= 4 is 28.3 Å².